The van der Waals surface area contributed by atoms with Crippen LogP contribution in [0.5, 0.6) is 11.6 Å². The topological polar surface area (TPSA) is 87.0 Å². The molecule has 0 aliphatic carbocycles. The highest BCUT2D eigenvalue weighted by atomic mass is 79.9. The lowest BCUT2D eigenvalue weighted by molar-refractivity contribution is -0.120. The number of halogens is 3. The van der Waals surface area contributed by atoms with Gasteiger partial charge in [-0.3, -0.25) is 4.79 Å². The van der Waals surface area contributed by atoms with Gasteiger partial charge >= 0.3 is 5.91 Å². The Morgan fingerprint density at radius 3 is 2.69 bits per heavy atom. The van der Waals surface area contributed by atoms with Crippen LogP contribution >= 0.6 is 47.8 Å². The Balaban J connectivity index is 1.76. The van der Waals surface area contributed by atoms with Crippen LogP contribution in [0.4, 0.5) is 5.69 Å². The van der Waals surface area contributed by atoms with Crippen molar-refractivity contribution in [3.63, 3.8) is 0 Å². The van der Waals surface area contributed by atoms with E-state index in [4.69, 9.17) is 4.74 Å². The summed E-state index contributed by atoms with van der Waals surface area (Å²) in [6, 6.07) is 9.14. The van der Waals surface area contributed by atoms with Crippen molar-refractivity contribution in [3.8, 4) is 11.6 Å². The third-order valence-electron chi connectivity index (χ3n) is 3.48. The number of benzene rings is 2. The molecule has 2 N–H and O–H groups in total. The average Bonchev–Trinajstić information content (AvgIpc) is 2.88. The van der Waals surface area contributed by atoms with Crippen LogP contribution in [-0.2, 0) is 4.79 Å². The second kappa shape index (κ2) is 7.89. The van der Waals surface area contributed by atoms with Crippen molar-refractivity contribution in [1.29, 1.82) is 0 Å². The Labute approximate surface area is 174 Å². The molecule has 134 valence electrons. The van der Waals surface area contributed by atoms with Crippen molar-refractivity contribution in [2.75, 3.05) is 6.61 Å². The normalized spacial score (nSPS) is 11.4. The number of rotatable bonds is 4. The predicted octanol–water partition coefficient (Wildman–Crippen LogP) is 6.16. The number of amides is 1. The molecule has 0 aliphatic rings. The summed E-state index contributed by atoms with van der Waals surface area (Å²) in [5, 5.41) is 18.2. The predicted molar refractivity (Wildman–Crippen MR) is 109 cm³/mol. The third-order valence-corrected chi connectivity index (χ3v) is 5.18. The maximum Gasteiger partial charge on any atom is 0.302 e. The maximum atomic E-state index is 12.0. The molecule has 0 fully saturated rings. The quantitative estimate of drug-likeness (QED) is 0.385. The van der Waals surface area contributed by atoms with E-state index in [1.807, 2.05) is 25.1 Å². The number of aromatic nitrogens is 1. The molecule has 3 aromatic rings. The Kier molecular flexibility index (Phi) is 5.79. The van der Waals surface area contributed by atoms with Gasteiger partial charge in [0.25, 0.3) is 0 Å². The number of azo groups is 1. The van der Waals surface area contributed by atoms with E-state index in [0.717, 1.165) is 19.0 Å². The van der Waals surface area contributed by atoms with E-state index < -0.39 is 5.91 Å². The van der Waals surface area contributed by atoms with Crippen LogP contribution in [0.25, 0.3) is 10.9 Å². The first-order chi connectivity index (χ1) is 12.3. The summed E-state index contributed by atoms with van der Waals surface area (Å²) in [5.74, 6) is -0.195. The van der Waals surface area contributed by atoms with Crippen molar-refractivity contribution < 1.29 is 14.6 Å². The number of hydrogen-bond donors (Lipinski definition) is 2. The second-order valence-corrected chi connectivity index (χ2v) is 8.07. The molecule has 1 heterocycles. The summed E-state index contributed by atoms with van der Waals surface area (Å²) >= 11 is 10.2. The van der Waals surface area contributed by atoms with Gasteiger partial charge in [0, 0.05) is 14.3 Å². The Hall–Kier alpha value is -1.71. The Bertz CT molecular complexity index is 1030. The number of nitrogens with zero attached hydrogens (tertiary/aromatic N) is 2. The van der Waals surface area contributed by atoms with Crippen LogP contribution in [0.3, 0.4) is 0 Å². The van der Waals surface area contributed by atoms with E-state index in [1.165, 1.54) is 0 Å². The highest BCUT2D eigenvalue weighted by molar-refractivity contribution is 9.11. The fourth-order valence-electron chi connectivity index (χ4n) is 2.29. The molecule has 2 aromatic carbocycles. The van der Waals surface area contributed by atoms with Crippen LogP contribution < -0.4 is 4.74 Å². The minimum absolute atomic E-state index is 0.169. The molecule has 0 saturated carbocycles. The molecular weight excluding hydrogens is 534 g/mol. The minimum atomic E-state index is -0.569. The fourth-order valence-corrected chi connectivity index (χ4v) is 4.22. The van der Waals surface area contributed by atoms with Crippen LogP contribution in [0, 0.1) is 6.92 Å². The fraction of sp³-hybridized carbons (Fsp3) is 0.118. The molecular formula is C17H12Br3N3O3. The van der Waals surface area contributed by atoms with Crippen LogP contribution in [0.15, 0.2) is 54.0 Å². The lowest BCUT2D eigenvalue weighted by Gasteiger charge is -2.06. The Morgan fingerprint density at radius 1 is 1.19 bits per heavy atom. The number of aromatic amines is 1. The molecule has 0 saturated heterocycles. The Morgan fingerprint density at radius 2 is 1.96 bits per heavy atom. The number of carbonyl (C=O) groups excluding carboxylic acids is 1. The van der Waals surface area contributed by atoms with Crippen LogP contribution in [0.1, 0.15) is 5.56 Å². The molecule has 1 amide bonds. The lowest BCUT2D eigenvalue weighted by atomic mass is 10.2. The van der Waals surface area contributed by atoms with Crippen molar-refractivity contribution in [2.45, 2.75) is 6.92 Å². The van der Waals surface area contributed by atoms with Gasteiger partial charge in [0.05, 0.1) is 9.99 Å². The molecule has 0 aliphatic heterocycles. The smallest absolute Gasteiger partial charge is 0.302 e. The molecule has 6 nitrogen and oxygen atoms in total. The summed E-state index contributed by atoms with van der Waals surface area (Å²) in [6.45, 7) is 1.69. The zero-order valence-electron chi connectivity index (χ0n) is 13.4. The van der Waals surface area contributed by atoms with E-state index in [1.54, 1.807) is 12.1 Å². The van der Waals surface area contributed by atoms with E-state index >= 15 is 0 Å². The summed E-state index contributed by atoms with van der Waals surface area (Å²) in [5.41, 5.74) is 1.92. The maximum absolute atomic E-state index is 12.0. The molecule has 1 aromatic heterocycles. The molecule has 0 unspecified atom stereocenters. The van der Waals surface area contributed by atoms with Crippen LogP contribution in [-0.4, -0.2) is 22.6 Å². The molecule has 9 heteroatoms. The summed E-state index contributed by atoms with van der Waals surface area (Å²) in [4.78, 5) is 14.8. The highest BCUT2D eigenvalue weighted by Crippen LogP contribution is 2.40. The number of carbonyl (C=O) groups is 1. The number of H-pyrrole nitrogens is 1. The lowest BCUT2D eigenvalue weighted by Crippen LogP contribution is -2.08. The molecule has 0 radical (unpaired) electrons. The number of ether oxygens (including phenoxy) is 1. The van der Waals surface area contributed by atoms with E-state index in [0.29, 0.717) is 16.7 Å². The average molecular weight is 546 g/mol. The van der Waals surface area contributed by atoms with Gasteiger partial charge in [-0.2, -0.15) is 0 Å². The second-order valence-electron chi connectivity index (χ2n) is 5.45. The largest absolute Gasteiger partial charge is 0.493 e. The zero-order chi connectivity index (χ0) is 18.8. The highest BCUT2D eigenvalue weighted by Gasteiger charge is 2.14. The van der Waals surface area contributed by atoms with Gasteiger partial charge in [0.2, 0.25) is 5.88 Å². The van der Waals surface area contributed by atoms with Gasteiger partial charge in [-0.1, -0.05) is 22.0 Å². The van der Waals surface area contributed by atoms with Gasteiger partial charge in [0.15, 0.2) is 12.3 Å². The van der Waals surface area contributed by atoms with Gasteiger partial charge in [-0.15, -0.1) is 10.2 Å². The summed E-state index contributed by atoms with van der Waals surface area (Å²) in [6.07, 6.45) is 0. The van der Waals surface area contributed by atoms with Crippen molar-refractivity contribution in [1.82, 2.24) is 4.98 Å². The molecule has 0 spiro atoms. The first kappa shape index (κ1) is 19.1. The SMILES string of the molecule is Cc1ccc(OCC(=O)N=Nc2c(O)[nH]c3c(Br)cc(Br)cc23)c(Br)c1. The number of nitrogens with one attached hydrogen (secondary N) is 1. The number of aromatic hydroxyl groups is 1. The van der Waals surface area contributed by atoms with E-state index in [-0.39, 0.29) is 18.2 Å². The minimum Gasteiger partial charge on any atom is -0.493 e. The standard InChI is InChI=1S/C17H12Br3N3O3/c1-8-2-3-13(11(19)4-8)26-7-14(24)22-23-16-10-5-9(18)6-12(20)15(10)21-17(16)25/h2-6,21,25H,7H2,1H3. The van der Waals surface area contributed by atoms with Crippen molar-refractivity contribution >= 4 is 70.3 Å². The summed E-state index contributed by atoms with van der Waals surface area (Å²) in [7, 11) is 0. The van der Waals surface area contributed by atoms with E-state index in [9.17, 15) is 9.90 Å². The van der Waals surface area contributed by atoms with E-state index in [2.05, 4.69) is 63.0 Å². The number of fused-ring (bicyclic) bond motifs is 1. The van der Waals surface area contributed by atoms with Crippen molar-refractivity contribution in [2.24, 2.45) is 10.2 Å². The number of hydrogen-bond acceptors (Lipinski definition) is 4. The van der Waals surface area contributed by atoms with Gasteiger partial charge in [0.1, 0.15) is 5.75 Å². The van der Waals surface area contributed by atoms with Gasteiger partial charge < -0.3 is 14.8 Å². The first-order valence-electron chi connectivity index (χ1n) is 7.38. The molecule has 3 rings (SSSR count). The first-order valence-corrected chi connectivity index (χ1v) is 9.76. The monoisotopic (exact) mass is 543 g/mol. The molecule has 26 heavy (non-hydrogen) atoms. The molecule has 0 atom stereocenters. The summed E-state index contributed by atoms with van der Waals surface area (Å²) < 4.78 is 7.74. The third kappa shape index (κ3) is 4.16. The van der Waals surface area contributed by atoms with Gasteiger partial charge in [-0.25, -0.2) is 0 Å². The molecule has 0 bridgehead atoms. The van der Waals surface area contributed by atoms with Crippen LogP contribution in [0.2, 0.25) is 0 Å². The zero-order valence-corrected chi connectivity index (χ0v) is 18.1. The van der Waals surface area contributed by atoms with Gasteiger partial charge in [-0.05, 0) is 68.6 Å². The number of aryl methyl sites for hydroxylation is 1. The van der Waals surface area contributed by atoms with Crippen molar-refractivity contribution in [3.05, 3.63) is 49.3 Å².